The van der Waals surface area contributed by atoms with Crippen molar-refractivity contribution in [2.24, 2.45) is 0 Å². The third-order valence-corrected chi connectivity index (χ3v) is 7.93. The molecule has 2 aliphatic heterocycles. The van der Waals surface area contributed by atoms with Crippen LogP contribution in [0.2, 0.25) is 0 Å². The Kier molecular flexibility index (Phi) is 5.00. The van der Waals surface area contributed by atoms with E-state index in [9.17, 15) is 8.42 Å². The summed E-state index contributed by atoms with van der Waals surface area (Å²) in [7, 11) is -3.42. The summed E-state index contributed by atoms with van der Waals surface area (Å²) in [5.41, 5.74) is 1.83. The van der Waals surface area contributed by atoms with Gasteiger partial charge in [-0.25, -0.2) is 13.4 Å². The van der Waals surface area contributed by atoms with Gasteiger partial charge in [-0.1, -0.05) is 0 Å². The van der Waals surface area contributed by atoms with Gasteiger partial charge in [0.2, 0.25) is 0 Å². The molecule has 2 aliphatic rings. The first-order valence-electron chi connectivity index (χ1n) is 8.76. The number of morpholine rings is 1. The van der Waals surface area contributed by atoms with E-state index in [0.29, 0.717) is 31.1 Å². The lowest BCUT2D eigenvalue weighted by Crippen LogP contribution is -2.36. The molecule has 0 aliphatic carbocycles. The number of hydrogen-bond donors (Lipinski definition) is 0. The summed E-state index contributed by atoms with van der Waals surface area (Å²) in [5, 5.41) is 0.504. The van der Waals surface area contributed by atoms with E-state index >= 15 is 0 Å². The molecule has 1 aromatic carbocycles. The second-order valence-corrected chi connectivity index (χ2v) is 10.1. The number of nitrogens with zero attached hydrogens (tertiary/aromatic N) is 2. The molecule has 3 heterocycles. The molecule has 0 radical (unpaired) electrons. The van der Waals surface area contributed by atoms with Gasteiger partial charge in [-0.15, -0.1) is 11.3 Å². The zero-order valence-corrected chi connectivity index (χ0v) is 16.3. The number of hydrogen-bond acceptors (Lipinski definition) is 7. The fourth-order valence-electron chi connectivity index (χ4n) is 3.34. The Morgan fingerprint density at radius 1 is 1.15 bits per heavy atom. The maximum absolute atomic E-state index is 13.1. The second-order valence-electron chi connectivity index (χ2n) is 6.59. The van der Waals surface area contributed by atoms with Crippen molar-refractivity contribution in [1.82, 2.24) is 4.98 Å². The largest absolute Gasteiger partial charge is 0.380 e. The fraction of sp³-hybridized carbons (Fsp3) is 0.500. The number of aromatic nitrogens is 1. The SMILES string of the molecule is Cc1ncc(-c2cc(N3CCOCC3)cc(S(=O)(=O)C3CCOC3)c2)s1. The van der Waals surface area contributed by atoms with Crippen LogP contribution >= 0.6 is 11.3 Å². The molecule has 2 saturated heterocycles. The number of aryl methyl sites for hydroxylation is 1. The minimum atomic E-state index is -3.42. The summed E-state index contributed by atoms with van der Waals surface area (Å²) in [6, 6.07) is 5.64. The molecule has 1 unspecified atom stereocenters. The molecule has 0 bridgehead atoms. The molecule has 6 nitrogen and oxygen atoms in total. The normalized spacial score (nSPS) is 21.3. The van der Waals surface area contributed by atoms with Crippen LogP contribution in [0, 0.1) is 6.92 Å². The molecule has 2 aromatic rings. The Balaban J connectivity index is 1.79. The van der Waals surface area contributed by atoms with Crippen molar-refractivity contribution in [2.45, 2.75) is 23.5 Å². The van der Waals surface area contributed by atoms with Gasteiger partial charge in [0.05, 0.1) is 39.9 Å². The highest BCUT2D eigenvalue weighted by molar-refractivity contribution is 7.92. The van der Waals surface area contributed by atoms with Crippen molar-refractivity contribution in [3.8, 4) is 10.4 Å². The van der Waals surface area contributed by atoms with Gasteiger partial charge >= 0.3 is 0 Å². The van der Waals surface area contributed by atoms with E-state index in [0.717, 1.165) is 34.2 Å². The molecule has 4 rings (SSSR count). The van der Waals surface area contributed by atoms with Crippen molar-refractivity contribution in [1.29, 1.82) is 0 Å². The Hall–Kier alpha value is -1.48. The van der Waals surface area contributed by atoms with Gasteiger partial charge in [-0.05, 0) is 37.1 Å². The third kappa shape index (κ3) is 3.51. The predicted octanol–water partition coefficient (Wildman–Crippen LogP) is 2.52. The van der Waals surface area contributed by atoms with E-state index in [4.69, 9.17) is 9.47 Å². The van der Waals surface area contributed by atoms with Gasteiger partial charge in [-0.3, -0.25) is 0 Å². The lowest BCUT2D eigenvalue weighted by molar-refractivity contribution is 0.122. The van der Waals surface area contributed by atoms with Crippen LogP contribution in [-0.2, 0) is 19.3 Å². The number of anilines is 1. The molecule has 1 aromatic heterocycles. The Labute approximate surface area is 157 Å². The first-order valence-corrected chi connectivity index (χ1v) is 11.1. The van der Waals surface area contributed by atoms with Gasteiger partial charge in [0.15, 0.2) is 9.84 Å². The van der Waals surface area contributed by atoms with Crippen LogP contribution in [0.25, 0.3) is 10.4 Å². The van der Waals surface area contributed by atoms with Crippen molar-refractivity contribution in [2.75, 3.05) is 44.4 Å². The average molecular weight is 395 g/mol. The van der Waals surface area contributed by atoms with Crippen LogP contribution in [0.5, 0.6) is 0 Å². The number of ether oxygens (including phenoxy) is 2. The number of sulfone groups is 1. The van der Waals surface area contributed by atoms with Gasteiger partial charge in [-0.2, -0.15) is 0 Å². The first-order chi connectivity index (χ1) is 12.5. The molecule has 140 valence electrons. The monoisotopic (exact) mass is 394 g/mol. The molecule has 0 N–H and O–H groups in total. The summed E-state index contributed by atoms with van der Waals surface area (Å²) in [5.74, 6) is 0. The summed E-state index contributed by atoms with van der Waals surface area (Å²) < 4.78 is 37.0. The summed E-state index contributed by atoms with van der Waals surface area (Å²) in [4.78, 5) is 7.86. The second kappa shape index (κ2) is 7.26. The average Bonchev–Trinajstić information content (AvgIpc) is 3.34. The Morgan fingerprint density at radius 2 is 1.96 bits per heavy atom. The van der Waals surface area contributed by atoms with Crippen molar-refractivity contribution < 1.29 is 17.9 Å². The molecule has 2 fully saturated rings. The van der Waals surface area contributed by atoms with Crippen LogP contribution in [0.4, 0.5) is 5.69 Å². The van der Waals surface area contributed by atoms with E-state index in [1.165, 1.54) is 0 Å². The van der Waals surface area contributed by atoms with Crippen LogP contribution in [0.1, 0.15) is 11.4 Å². The van der Waals surface area contributed by atoms with Gasteiger partial charge in [0, 0.05) is 31.6 Å². The topological polar surface area (TPSA) is 68.7 Å². The molecule has 0 amide bonds. The van der Waals surface area contributed by atoms with E-state index in [1.807, 2.05) is 13.1 Å². The van der Waals surface area contributed by atoms with Gasteiger partial charge in [0.25, 0.3) is 0 Å². The smallest absolute Gasteiger partial charge is 0.183 e. The standard InChI is InChI=1S/C18H22N2O4S2/c1-13-19-11-18(25-13)14-8-15(20-3-6-23-7-4-20)10-17(9-14)26(21,22)16-2-5-24-12-16/h8-11,16H,2-7,12H2,1H3. The van der Waals surface area contributed by atoms with Gasteiger partial charge < -0.3 is 14.4 Å². The van der Waals surface area contributed by atoms with Crippen molar-refractivity contribution in [3.63, 3.8) is 0 Å². The first kappa shape index (κ1) is 17.9. The summed E-state index contributed by atoms with van der Waals surface area (Å²) in [6.07, 6.45) is 2.37. The van der Waals surface area contributed by atoms with E-state index in [2.05, 4.69) is 16.0 Å². The Morgan fingerprint density at radius 3 is 2.62 bits per heavy atom. The number of benzene rings is 1. The molecule has 26 heavy (non-hydrogen) atoms. The van der Waals surface area contributed by atoms with Crippen LogP contribution < -0.4 is 4.90 Å². The highest BCUT2D eigenvalue weighted by Crippen LogP contribution is 2.34. The van der Waals surface area contributed by atoms with E-state index in [-0.39, 0.29) is 6.61 Å². The lowest BCUT2D eigenvalue weighted by Gasteiger charge is -2.29. The van der Waals surface area contributed by atoms with Crippen molar-refractivity contribution in [3.05, 3.63) is 29.4 Å². The summed E-state index contributed by atoms with van der Waals surface area (Å²) in [6.45, 7) is 5.57. The van der Waals surface area contributed by atoms with Crippen LogP contribution in [-0.4, -0.2) is 58.2 Å². The maximum Gasteiger partial charge on any atom is 0.183 e. The van der Waals surface area contributed by atoms with Crippen LogP contribution in [0.15, 0.2) is 29.3 Å². The fourth-order valence-corrected chi connectivity index (χ4v) is 5.75. The van der Waals surface area contributed by atoms with E-state index < -0.39 is 15.1 Å². The molecule has 8 heteroatoms. The minimum absolute atomic E-state index is 0.277. The molecule has 0 spiro atoms. The molecule has 0 saturated carbocycles. The highest BCUT2D eigenvalue weighted by Gasteiger charge is 2.32. The molecular weight excluding hydrogens is 372 g/mol. The predicted molar refractivity (Wildman–Crippen MR) is 102 cm³/mol. The Bertz CT molecular complexity index is 882. The van der Waals surface area contributed by atoms with Gasteiger partial charge in [0.1, 0.15) is 0 Å². The van der Waals surface area contributed by atoms with E-state index in [1.54, 1.807) is 23.5 Å². The molecular formula is C18H22N2O4S2. The highest BCUT2D eigenvalue weighted by atomic mass is 32.2. The molecule has 1 atom stereocenters. The summed E-state index contributed by atoms with van der Waals surface area (Å²) >= 11 is 1.57. The van der Waals surface area contributed by atoms with Crippen LogP contribution in [0.3, 0.4) is 0 Å². The number of thiazole rings is 1. The quantitative estimate of drug-likeness (QED) is 0.794. The zero-order chi connectivity index (χ0) is 18.1. The maximum atomic E-state index is 13.1. The zero-order valence-electron chi connectivity index (χ0n) is 14.7. The lowest BCUT2D eigenvalue weighted by atomic mass is 10.1. The third-order valence-electron chi connectivity index (χ3n) is 4.83. The minimum Gasteiger partial charge on any atom is -0.380 e. The number of rotatable bonds is 4. The van der Waals surface area contributed by atoms with Crippen molar-refractivity contribution >= 4 is 26.9 Å².